The maximum atomic E-state index is 6.26. The Morgan fingerprint density at radius 3 is 2.78 bits per heavy atom. The van der Waals surface area contributed by atoms with Gasteiger partial charge in [0.1, 0.15) is 17.3 Å². The lowest BCUT2D eigenvalue weighted by molar-refractivity contribution is 0.481. The number of furan rings is 1. The van der Waals surface area contributed by atoms with Crippen LogP contribution < -0.4 is 10.6 Å². The first-order valence-corrected chi connectivity index (χ1v) is 6.09. The van der Waals surface area contributed by atoms with Gasteiger partial charge in [-0.15, -0.1) is 0 Å². The van der Waals surface area contributed by atoms with E-state index in [1.165, 1.54) is 0 Å². The molecule has 0 amide bonds. The number of hydrogen-bond donors (Lipinski definition) is 1. The van der Waals surface area contributed by atoms with E-state index in [9.17, 15) is 0 Å². The molecule has 0 atom stereocenters. The minimum absolute atomic E-state index is 0.405. The molecule has 0 aromatic carbocycles. The summed E-state index contributed by atoms with van der Waals surface area (Å²) in [5.41, 5.74) is 6.52. The van der Waals surface area contributed by atoms with Crippen LogP contribution >= 0.6 is 11.6 Å². The molecule has 0 radical (unpaired) electrons. The first kappa shape index (κ1) is 12.9. The third kappa shape index (κ3) is 2.66. The normalized spacial score (nSPS) is 10.7. The van der Waals surface area contributed by atoms with Crippen LogP contribution in [-0.4, -0.2) is 12.0 Å². The van der Waals surface area contributed by atoms with Crippen molar-refractivity contribution in [3.05, 3.63) is 46.5 Å². The van der Waals surface area contributed by atoms with Gasteiger partial charge in [0.2, 0.25) is 0 Å². The van der Waals surface area contributed by atoms with E-state index in [0.717, 1.165) is 17.1 Å². The number of pyridine rings is 1. The van der Waals surface area contributed by atoms with Gasteiger partial charge in [-0.25, -0.2) is 4.98 Å². The summed E-state index contributed by atoms with van der Waals surface area (Å²) >= 11 is 6.26. The van der Waals surface area contributed by atoms with Gasteiger partial charge in [-0.2, -0.15) is 0 Å². The number of rotatable bonds is 4. The maximum absolute atomic E-state index is 6.26. The molecule has 2 N–H and O–H groups in total. The molecular weight excluding hydrogens is 250 g/mol. The molecule has 0 aliphatic rings. The zero-order chi connectivity index (χ0) is 13.1. The molecule has 0 saturated heterocycles. The van der Waals surface area contributed by atoms with Crippen molar-refractivity contribution in [3.63, 3.8) is 0 Å². The number of hydrogen-bond acceptors (Lipinski definition) is 4. The largest absolute Gasteiger partial charge is 0.464 e. The minimum Gasteiger partial charge on any atom is -0.464 e. The van der Waals surface area contributed by atoms with Gasteiger partial charge in [-0.3, -0.25) is 0 Å². The van der Waals surface area contributed by atoms with Crippen LogP contribution in [0.2, 0.25) is 5.02 Å². The average molecular weight is 266 g/mol. The van der Waals surface area contributed by atoms with Crippen molar-refractivity contribution in [2.45, 2.75) is 20.0 Å². The van der Waals surface area contributed by atoms with Crippen LogP contribution in [0.5, 0.6) is 0 Å². The maximum Gasteiger partial charge on any atom is 0.147 e. The Morgan fingerprint density at radius 2 is 2.17 bits per heavy atom. The second kappa shape index (κ2) is 5.42. The molecule has 0 bridgehead atoms. The molecular formula is C13H16ClN3O. The molecule has 2 aromatic rings. The predicted molar refractivity (Wildman–Crippen MR) is 72.7 cm³/mol. The molecule has 0 saturated carbocycles. The van der Waals surface area contributed by atoms with Gasteiger partial charge in [-0.05, 0) is 30.7 Å². The van der Waals surface area contributed by atoms with Crippen LogP contribution in [0.15, 0.2) is 28.8 Å². The van der Waals surface area contributed by atoms with E-state index < -0.39 is 0 Å². The Labute approximate surface area is 111 Å². The van der Waals surface area contributed by atoms with E-state index in [1.54, 1.807) is 6.20 Å². The van der Waals surface area contributed by atoms with Gasteiger partial charge < -0.3 is 15.1 Å². The van der Waals surface area contributed by atoms with Crippen LogP contribution in [0.3, 0.4) is 0 Å². The van der Waals surface area contributed by atoms with E-state index in [4.69, 9.17) is 21.8 Å². The van der Waals surface area contributed by atoms with Crippen molar-refractivity contribution in [2.75, 3.05) is 11.9 Å². The zero-order valence-corrected chi connectivity index (χ0v) is 11.2. The van der Waals surface area contributed by atoms with Crippen LogP contribution in [0.25, 0.3) is 0 Å². The van der Waals surface area contributed by atoms with Crippen LogP contribution in [0, 0.1) is 6.92 Å². The van der Waals surface area contributed by atoms with Gasteiger partial charge >= 0.3 is 0 Å². The summed E-state index contributed by atoms with van der Waals surface area (Å²) in [6.07, 6.45) is 1.72. The van der Waals surface area contributed by atoms with Crippen molar-refractivity contribution < 1.29 is 4.42 Å². The van der Waals surface area contributed by atoms with Crippen molar-refractivity contribution >= 4 is 17.4 Å². The summed E-state index contributed by atoms with van der Waals surface area (Å²) in [7, 11) is 1.92. The molecule has 0 unspecified atom stereocenters. The fourth-order valence-corrected chi connectivity index (χ4v) is 2.11. The van der Waals surface area contributed by atoms with Crippen molar-refractivity contribution in [1.82, 2.24) is 4.98 Å². The molecule has 0 fully saturated rings. The fourth-order valence-electron chi connectivity index (χ4n) is 1.77. The molecule has 0 aliphatic carbocycles. The third-order valence-corrected chi connectivity index (χ3v) is 3.13. The van der Waals surface area contributed by atoms with Crippen LogP contribution in [-0.2, 0) is 13.1 Å². The molecule has 0 aliphatic heterocycles. The molecule has 2 rings (SSSR count). The van der Waals surface area contributed by atoms with Crippen molar-refractivity contribution in [3.8, 4) is 0 Å². The summed E-state index contributed by atoms with van der Waals surface area (Å²) in [5.74, 6) is 2.49. The third-order valence-electron chi connectivity index (χ3n) is 2.72. The summed E-state index contributed by atoms with van der Waals surface area (Å²) in [6, 6.07) is 5.72. The lowest BCUT2D eigenvalue weighted by Crippen LogP contribution is -2.18. The number of anilines is 1. The molecule has 18 heavy (non-hydrogen) atoms. The summed E-state index contributed by atoms with van der Waals surface area (Å²) in [5, 5.41) is 0.603. The van der Waals surface area contributed by atoms with Crippen LogP contribution in [0.1, 0.15) is 17.1 Å². The number of nitrogens with zero attached hydrogens (tertiary/aromatic N) is 2. The van der Waals surface area contributed by atoms with Gasteiger partial charge in [0, 0.05) is 19.8 Å². The minimum atomic E-state index is 0.405. The van der Waals surface area contributed by atoms with Gasteiger partial charge in [0.25, 0.3) is 0 Å². The number of nitrogens with two attached hydrogens (primary N) is 1. The molecule has 2 aromatic heterocycles. The van der Waals surface area contributed by atoms with Crippen LogP contribution in [0.4, 0.5) is 5.82 Å². The van der Waals surface area contributed by atoms with Gasteiger partial charge in [0.15, 0.2) is 0 Å². The molecule has 96 valence electrons. The predicted octanol–water partition coefficient (Wildman–Crippen LogP) is 2.73. The Kier molecular flexibility index (Phi) is 3.89. The van der Waals surface area contributed by atoms with Gasteiger partial charge in [0.05, 0.1) is 11.6 Å². The summed E-state index contributed by atoms with van der Waals surface area (Å²) in [4.78, 5) is 6.23. The van der Waals surface area contributed by atoms with E-state index >= 15 is 0 Å². The smallest absolute Gasteiger partial charge is 0.147 e. The molecule has 4 nitrogen and oxygen atoms in total. The topological polar surface area (TPSA) is 55.3 Å². The highest BCUT2D eigenvalue weighted by atomic mass is 35.5. The van der Waals surface area contributed by atoms with E-state index in [-0.39, 0.29) is 0 Å². The van der Waals surface area contributed by atoms with Crippen molar-refractivity contribution in [1.29, 1.82) is 0 Å². The monoisotopic (exact) mass is 265 g/mol. The fraction of sp³-hybridized carbons (Fsp3) is 0.308. The first-order valence-electron chi connectivity index (χ1n) is 5.71. The number of halogens is 1. The number of aromatic nitrogens is 1. The molecule has 2 heterocycles. The highest BCUT2D eigenvalue weighted by Crippen LogP contribution is 2.27. The second-order valence-electron chi connectivity index (χ2n) is 4.18. The standard InChI is InChI=1S/C13H16ClN3O/c1-9-3-4-11(18-9)8-17(2)13-12(14)10(7-15)5-6-16-13/h3-6H,7-8,15H2,1-2H3. The Morgan fingerprint density at radius 1 is 1.39 bits per heavy atom. The summed E-state index contributed by atoms with van der Waals surface area (Å²) < 4.78 is 5.53. The Balaban J connectivity index is 2.21. The Bertz CT molecular complexity index is 539. The first-order chi connectivity index (χ1) is 8.61. The van der Waals surface area contributed by atoms with Gasteiger partial charge in [-0.1, -0.05) is 11.6 Å². The van der Waals surface area contributed by atoms with E-state index in [2.05, 4.69) is 4.98 Å². The highest BCUT2D eigenvalue weighted by Gasteiger charge is 2.12. The van der Waals surface area contributed by atoms with E-state index in [0.29, 0.717) is 23.9 Å². The lowest BCUT2D eigenvalue weighted by atomic mass is 10.2. The second-order valence-corrected chi connectivity index (χ2v) is 4.56. The quantitative estimate of drug-likeness (QED) is 0.924. The number of aryl methyl sites for hydroxylation is 1. The van der Waals surface area contributed by atoms with E-state index in [1.807, 2.05) is 37.1 Å². The molecule has 0 spiro atoms. The Hall–Kier alpha value is -1.52. The average Bonchev–Trinajstić information content (AvgIpc) is 2.75. The summed E-state index contributed by atoms with van der Waals surface area (Å²) in [6.45, 7) is 2.94. The van der Waals surface area contributed by atoms with Crippen molar-refractivity contribution in [2.24, 2.45) is 5.73 Å². The highest BCUT2D eigenvalue weighted by molar-refractivity contribution is 6.33. The lowest BCUT2D eigenvalue weighted by Gasteiger charge is -2.19. The SMILES string of the molecule is Cc1ccc(CN(C)c2nccc(CN)c2Cl)o1. The zero-order valence-electron chi connectivity index (χ0n) is 10.5. The molecule has 5 heteroatoms.